The van der Waals surface area contributed by atoms with Gasteiger partial charge in [-0.1, -0.05) is 6.07 Å². The van der Waals surface area contributed by atoms with Crippen LogP contribution >= 0.6 is 0 Å². The summed E-state index contributed by atoms with van der Waals surface area (Å²) in [6.07, 6.45) is 3.31. The number of primary amides is 1. The van der Waals surface area contributed by atoms with Crippen molar-refractivity contribution in [2.45, 2.75) is 31.0 Å². The molecule has 1 fully saturated rings. The number of hydrogen-bond donors (Lipinski definition) is 5. The SMILES string of the molecule is NC(=O)C1C(=O)[C@@]2(O)C(O)=C3C(=O)c4c(O)ccc(-c5cncnc5)c4C[C@H]3C[C@H]2CC1O. The Labute approximate surface area is 187 Å². The van der Waals surface area contributed by atoms with E-state index in [2.05, 4.69) is 9.97 Å². The topological polar surface area (TPSA) is 184 Å². The van der Waals surface area contributed by atoms with Crippen LogP contribution in [0, 0.1) is 17.8 Å². The van der Waals surface area contributed by atoms with Crippen LogP contribution in [-0.2, 0) is 16.0 Å². The summed E-state index contributed by atoms with van der Waals surface area (Å²) in [5.74, 6) is -7.29. The number of aliphatic hydroxyl groups is 3. The Hall–Kier alpha value is -3.63. The van der Waals surface area contributed by atoms with Crippen molar-refractivity contribution in [2.75, 3.05) is 0 Å². The van der Waals surface area contributed by atoms with Gasteiger partial charge in [-0.2, -0.15) is 0 Å². The van der Waals surface area contributed by atoms with Gasteiger partial charge in [-0.3, -0.25) is 14.4 Å². The molecule has 0 saturated heterocycles. The minimum Gasteiger partial charge on any atom is -0.508 e. The van der Waals surface area contributed by atoms with Crippen molar-refractivity contribution in [3.63, 3.8) is 0 Å². The van der Waals surface area contributed by atoms with E-state index in [1.54, 1.807) is 18.5 Å². The van der Waals surface area contributed by atoms with Crippen molar-refractivity contribution >= 4 is 17.5 Å². The van der Waals surface area contributed by atoms with E-state index >= 15 is 0 Å². The van der Waals surface area contributed by atoms with Gasteiger partial charge in [0.25, 0.3) is 0 Å². The predicted octanol–water partition coefficient (Wildman–Crippen LogP) is 0.202. The Morgan fingerprint density at radius 1 is 1.12 bits per heavy atom. The fourth-order valence-corrected chi connectivity index (χ4v) is 5.64. The first kappa shape index (κ1) is 21.2. The molecule has 3 aliphatic rings. The second-order valence-corrected chi connectivity index (χ2v) is 8.85. The van der Waals surface area contributed by atoms with Gasteiger partial charge in [-0.05, 0) is 42.4 Å². The number of hydrogen-bond acceptors (Lipinski definition) is 9. The Kier molecular flexibility index (Phi) is 4.62. The number of Topliss-reactive ketones (excluding diaryl/α,β-unsaturated/α-hetero) is 2. The summed E-state index contributed by atoms with van der Waals surface area (Å²) < 4.78 is 0. The second kappa shape index (κ2) is 7.19. The maximum Gasteiger partial charge on any atom is 0.230 e. The molecular weight excluding hydrogens is 430 g/mol. The van der Waals surface area contributed by atoms with Crippen molar-refractivity contribution in [2.24, 2.45) is 23.5 Å². The smallest absolute Gasteiger partial charge is 0.230 e. The van der Waals surface area contributed by atoms with Gasteiger partial charge >= 0.3 is 0 Å². The predicted molar refractivity (Wildman–Crippen MR) is 112 cm³/mol. The third-order valence-corrected chi connectivity index (χ3v) is 7.14. The lowest BCUT2D eigenvalue weighted by molar-refractivity contribution is -0.167. The first-order valence-corrected chi connectivity index (χ1v) is 10.5. The van der Waals surface area contributed by atoms with E-state index in [0.717, 1.165) is 0 Å². The van der Waals surface area contributed by atoms with E-state index in [-0.39, 0.29) is 36.1 Å². The second-order valence-electron chi connectivity index (χ2n) is 8.85. The summed E-state index contributed by atoms with van der Waals surface area (Å²) in [5, 5.41) is 43.1. The molecule has 1 aromatic heterocycles. The number of aromatic nitrogens is 2. The number of fused-ring (bicyclic) bond motifs is 3. The number of aromatic hydroxyl groups is 1. The molecule has 1 aromatic carbocycles. The zero-order valence-electron chi connectivity index (χ0n) is 17.3. The summed E-state index contributed by atoms with van der Waals surface area (Å²) in [7, 11) is 0. The molecular formula is C23H21N3O7. The number of ketones is 2. The van der Waals surface area contributed by atoms with Crippen LogP contribution in [-0.4, -0.2) is 59.6 Å². The fourth-order valence-electron chi connectivity index (χ4n) is 5.64. The molecule has 5 atom stereocenters. The highest BCUT2D eigenvalue weighted by Crippen LogP contribution is 2.52. The number of nitrogens with two attached hydrogens (primary N) is 1. The van der Waals surface area contributed by atoms with Crippen molar-refractivity contribution in [3.8, 4) is 16.9 Å². The molecule has 6 N–H and O–H groups in total. The van der Waals surface area contributed by atoms with Gasteiger partial charge in [0.1, 0.15) is 23.8 Å². The number of allylic oxidation sites excluding steroid dienone is 1. The Morgan fingerprint density at radius 2 is 1.82 bits per heavy atom. The number of nitrogens with zero attached hydrogens (tertiary/aromatic N) is 2. The minimum absolute atomic E-state index is 0.0362. The van der Waals surface area contributed by atoms with Gasteiger partial charge in [-0.25, -0.2) is 9.97 Å². The Morgan fingerprint density at radius 3 is 2.48 bits per heavy atom. The molecule has 1 saturated carbocycles. The lowest BCUT2D eigenvalue weighted by Gasteiger charge is -2.48. The third kappa shape index (κ3) is 2.84. The van der Waals surface area contributed by atoms with E-state index in [1.807, 2.05) is 0 Å². The first-order valence-electron chi connectivity index (χ1n) is 10.5. The van der Waals surface area contributed by atoms with Crippen molar-refractivity contribution in [1.82, 2.24) is 9.97 Å². The zero-order valence-corrected chi connectivity index (χ0v) is 17.3. The van der Waals surface area contributed by atoms with E-state index in [9.17, 15) is 34.8 Å². The lowest BCUT2D eigenvalue weighted by atomic mass is 9.57. The minimum atomic E-state index is -2.52. The maximum absolute atomic E-state index is 13.5. The highest BCUT2D eigenvalue weighted by atomic mass is 16.3. The van der Waals surface area contributed by atoms with Gasteiger partial charge < -0.3 is 26.2 Å². The van der Waals surface area contributed by atoms with Crippen LogP contribution in [0.2, 0.25) is 0 Å². The molecule has 0 aliphatic heterocycles. The van der Waals surface area contributed by atoms with E-state index in [4.69, 9.17) is 5.73 Å². The van der Waals surface area contributed by atoms with Crippen LogP contribution < -0.4 is 5.73 Å². The quantitative estimate of drug-likeness (QED) is 0.398. The molecule has 0 spiro atoms. The number of amides is 1. The normalized spacial score (nSPS) is 31.0. The summed E-state index contributed by atoms with van der Waals surface area (Å²) in [4.78, 5) is 46.2. The number of phenolic OH excluding ortho intramolecular Hbond substituents is 1. The van der Waals surface area contributed by atoms with Crippen LogP contribution in [0.25, 0.3) is 11.1 Å². The molecule has 2 unspecified atom stereocenters. The number of rotatable bonds is 2. The third-order valence-electron chi connectivity index (χ3n) is 7.14. The molecule has 170 valence electrons. The largest absolute Gasteiger partial charge is 0.508 e. The summed E-state index contributed by atoms with van der Waals surface area (Å²) in [6.45, 7) is 0. The van der Waals surface area contributed by atoms with Gasteiger partial charge in [0, 0.05) is 29.4 Å². The molecule has 0 radical (unpaired) electrons. The van der Waals surface area contributed by atoms with Crippen LogP contribution in [0.3, 0.4) is 0 Å². The molecule has 1 heterocycles. The van der Waals surface area contributed by atoms with Crippen LogP contribution in [0.15, 0.2) is 42.2 Å². The molecule has 1 amide bonds. The number of carbonyl (C=O) groups excluding carboxylic acids is 3. The molecule has 3 aliphatic carbocycles. The Balaban J connectivity index is 1.68. The van der Waals surface area contributed by atoms with Gasteiger partial charge in [0.15, 0.2) is 17.2 Å². The molecule has 2 aromatic rings. The lowest BCUT2D eigenvalue weighted by Crippen LogP contribution is -2.63. The van der Waals surface area contributed by atoms with Crippen LogP contribution in [0.4, 0.5) is 0 Å². The molecule has 10 heteroatoms. The van der Waals surface area contributed by atoms with Crippen LogP contribution in [0.5, 0.6) is 5.75 Å². The zero-order chi connectivity index (χ0) is 23.7. The number of carbonyl (C=O) groups is 3. The summed E-state index contributed by atoms with van der Waals surface area (Å²) >= 11 is 0. The molecule has 5 rings (SSSR count). The fraction of sp³-hybridized carbons (Fsp3) is 0.348. The average molecular weight is 451 g/mol. The summed E-state index contributed by atoms with van der Waals surface area (Å²) in [6, 6.07) is 3.00. The standard InChI is InChI=1S/C23H21N3O7/c24-22(32)18-15(28)5-11-3-9-4-13-12(10-6-25-8-26-7-10)1-2-14(27)17(13)19(29)16(9)20(30)23(11,33)21(18)31/h1-2,6-9,11,15,18,27-28,30,33H,3-5H2,(H2,24,32)/t9-,11+,15?,18?,23+/m1/s1. The first-order chi connectivity index (χ1) is 15.7. The maximum atomic E-state index is 13.5. The molecule has 33 heavy (non-hydrogen) atoms. The Bertz CT molecular complexity index is 1240. The molecule has 10 nitrogen and oxygen atoms in total. The van der Waals surface area contributed by atoms with E-state index in [1.165, 1.54) is 12.4 Å². The van der Waals surface area contributed by atoms with Gasteiger partial charge in [0.2, 0.25) is 5.91 Å². The van der Waals surface area contributed by atoms with Crippen molar-refractivity contribution < 1.29 is 34.8 Å². The number of benzene rings is 1. The average Bonchev–Trinajstić information content (AvgIpc) is 2.76. The van der Waals surface area contributed by atoms with Crippen LogP contribution in [0.1, 0.15) is 28.8 Å². The van der Waals surface area contributed by atoms with Gasteiger partial charge in [0.05, 0.1) is 11.7 Å². The number of aliphatic hydroxyl groups excluding tert-OH is 2. The van der Waals surface area contributed by atoms with E-state index in [0.29, 0.717) is 16.7 Å². The highest BCUT2D eigenvalue weighted by Gasteiger charge is 2.62. The van der Waals surface area contributed by atoms with Crippen molar-refractivity contribution in [1.29, 1.82) is 0 Å². The molecule has 0 bridgehead atoms. The van der Waals surface area contributed by atoms with Crippen molar-refractivity contribution in [3.05, 3.63) is 53.3 Å². The highest BCUT2D eigenvalue weighted by molar-refractivity contribution is 6.16. The van der Waals surface area contributed by atoms with E-state index < -0.39 is 52.7 Å². The monoisotopic (exact) mass is 451 g/mol. The summed E-state index contributed by atoms with van der Waals surface area (Å²) in [5.41, 5.74) is 4.34. The van der Waals surface area contributed by atoms with Gasteiger partial charge in [-0.15, -0.1) is 0 Å². The number of phenols is 1.